The fourth-order valence-electron chi connectivity index (χ4n) is 1.93. The Bertz CT molecular complexity index is 470. The molecule has 110 valence electrons. The summed E-state index contributed by atoms with van der Waals surface area (Å²) in [6, 6.07) is 5.29. The van der Waals surface area contributed by atoms with E-state index in [1.807, 2.05) is 0 Å². The highest BCUT2D eigenvalue weighted by Gasteiger charge is 2.20. The van der Waals surface area contributed by atoms with Crippen LogP contribution in [-0.2, 0) is 4.74 Å². The smallest absolute Gasteiger partial charge is 0.255 e. The average molecular weight is 277 g/mol. The molecule has 0 unspecified atom stereocenters. The summed E-state index contributed by atoms with van der Waals surface area (Å²) in [7, 11) is 3.47. The number of rotatable bonds is 7. The van der Waals surface area contributed by atoms with Crippen molar-refractivity contribution in [3.63, 3.8) is 0 Å². The molecule has 1 aliphatic carbocycles. The number of carbonyl (C=O) groups is 1. The van der Waals surface area contributed by atoms with E-state index in [4.69, 9.17) is 10.5 Å². The maximum atomic E-state index is 12.1. The van der Waals surface area contributed by atoms with Crippen molar-refractivity contribution < 1.29 is 9.53 Å². The lowest BCUT2D eigenvalue weighted by Crippen LogP contribution is -2.23. The predicted molar refractivity (Wildman–Crippen MR) is 80.9 cm³/mol. The van der Waals surface area contributed by atoms with Crippen LogP contribution in [0.2, 0.25) is 0 Å². The summed E-state index contributed by atoms with van der Waals surface area (Å²) in [4.78, 5) is 13.6. The molecular weight excluding hydrogens is 254 g/mol. The number of amides is 1. The molecule has 1 aliphatic rings. The van der Waals surface area contributed by atoms with Crippen LogP contribution < -0.4 is 11.1 Å². The maximum absolute atomic E-state index is 12.1. The Labute approximate surface area is 120 Å². The van der Waals surface area contributed by atoms with E-state index in [2.05, 4.69) is 5.32 Å². The lowest BCUT2D eigenvalue weighted by molar-refractivity contribution is 0.0828. The number of nitrogens with one attached hydrogen (secondary N) is 1. The Hall–Kier alpha value is -1.75. The first-order valence-corrected chi connectivity index (χ1v) is 7.00. The molecule has 0 spiro atoms. The van der Waals surface area contributed by atoms with Crippen LogP contribution in [0.1, 0.15) is 23.2 Å². The zero-order valence-corrected chi connectivity index (χ0v) is 12.2. The number of hydrogen-bond donors (Lipinski definition) is 2. The second-order valence-corrected chi connectivity index (χ2v) is 5.45. The molecule has 0 radical (unpaired) electrons. The summed E-state index contributed by atoms with van der Waals surface area (Å²) < 4.78 is 5.57. The van der Waals surface area contributed by atoms with Gasteiger partial charge >= 0.3 is 0 Å². The quantitative estimate of drug-likeness (QED) is 0.589. The fourth-order valence-corrected chi connectivity index (χ4v) is 1.93. The van der Waals surface area contributed by atoms with Crippen molar-refractivity contribution >= 4 is 17.3 Å². The van der Waals surface area contributed by atoms with Crippen molar-refractivity contribution in [1.82, 2.24) is 4.90 Å². The molecule has 2 rings (SSSR count). The second kappa shape index (κ2) is 6.61. The van der Waals surface area contributed by atoms with Gasteiger partial charge in [-0.3, -0.25) is 4.79 Å². The van der Waals surface area contributed by atoms with Gasteiger partial charge in [-0.15, -0.1) is 0 Å². The molecule has 1 fully saturated rings. The molecule has 0 aromatic heterocycles. The Morgan fingerprint density at radius 1 is 1.45 bits per heavy atom. The van der Waals surface area contributed by atoms with Crippen LogP contribution in [0.25, 0.3) is 0 Å². The maximum Gasteiger partial charge on any atom is 0.255 e. The number of nitrogen functional groups attached to an aromatic ring is 1. The molecule has 1 aromatic rings. The Kier molecular flexibility index (Phi) is 4.84. The topological polar surface area (TPSA) is 67.6 Å². The molecule has 1 saturated carbocycles. The van der Waals surface area contributed by atoms with Crippen molar-refractivity contribution in [2.75, 3.05) is 44.9 Å². The third-order valence-corrected chi connectivity index (χ3v) is 3.29. The van der Waals surface area contributed by atoms with Gasteiger partial charge < -0.3 is 20.7 Å². The fraction of sp³-hybridized carbons (Fsp3) is 0.533. The summed E-state index contributed by atoms with van der Waals surface area (Å²) >= 11 is 0. The zero-order chi connectivity index (χ0) is 14.5. The molecule has 5 nitrogen and oxygen atoms in total. The van der Waals surface area contributed by atoms with Gasteiger partial charge in [0, 0.05) is 38.6 Å². The molecule has 0 saturated heterocycles. The van der Waals surface area contributed by atoms with Gasteiger partial charge in [0.2, 0.25) is 0 Å². The minimum absolute atomic E-state index is 0.0357. The van der Waals surface area contributed by atoms with Gasteiger partial charge in [0.25, 0.3) is 5.91 Å². The summed E-state index contributed by atoms with van der Waals surface area (Å²) in [5.41, 5.74) is 7.82. The number of carbonyl (C=O) groups excluding carboxylic acids is 1. The third-order valence-electron chi connectivity index (χ3n) is 3.29. The highest BCUT2D eigenvalue weighted by Crippen LogP contribution is 2.28. The number of nitrogens with zero attached hydrogens (tertiary/aromatic N) is 1. The molecule has 1 aromatic carbocycles. The Morgan fingerprint density at radius 3 is 2.85 bits per heavy atom. The Morgan fingerprint density at radius 2 is 2.20 bits per heavy atom. The van der Waals surface area contributed by atoms with Crippen LogP contribution in [0.5, 0.6) is 0 Å². The number of ether oxygens (including phenoxy) is 1. The van der Waals surface area contributed by atoms with Crippen LogP contribution in [0, 0.1) is 5.92 Å². The van der Waals surface area contributed by atoms with Crippen LogP contribution in [0.4, 0.5) is 11.4 Å². The van der Waals surface area contributed by atoms with Gasteiger partial charge in [-0.25, -0.2) is 0 Å². The molecule has 5 heteroatoms. The average Bonchev–Trinajstić information content (AvgIpc) is 3.22. The van der Waals surface area contributed by atoms with Crippen molar-refractivity contribution in [3.8, 4) is 0 Å². The molecular formula is C15H23N3O2. The first kappa shape index (κ1) is 14.7. The molecule has 0 bridgehead atoms. The first-order valence-electron chi connectivity index (χ1n) is 7.00. The van der Waals surface area contributed by atoms with Crippen molar-refractivity contribution in [2.45, 2.75) is 12.8 Å². The number of benzene rings is 1. The van der Waals surface area contributed by atoms with Crippen LogP contribution in [0.15, 0.2) is 18.2 Å². The van der Waals surface area contributed by atoms with E-state index in [-0.39, 0.29) is 5.91 Å². The van der Waals surface area contributed by atoms with Gasteiger partial charge in [0.15, 0.2) is 0 Å². The minimum atomic E-state index is -0.0357. The Balaban J connectivity index is 1.90. The van der Waals surface area contributed by atoms with Gasteiger partial charge in [-0.1, -0.05) is 0 Å². The summed E-state index contributed by atoms with van der Waals surface area (Å²) in [6.07, 6.45) is 2.59. The normalized spacial score (nSPS) is 14.1. The van der Waals surface area contributed by atoms with Crippen molar-refractivity contribution in [1.29, 1.82) is 0 Å². The minimum Gasteiger partial charge on any atom is -0.399 e. The lowest BCUT2D eigenvalue weighted by Gasteiger charge is -2.16. The zero-order valence-electron chi connectivity index (χ0n) is 12.2. The van der Waals surface area contributed by atoms with Crippen molar-refractivity contribution in [3.05, 3.63) is 23.8 Å². The monoisotopic (exact) mass is 277 g/mol. The van der Waals surface area contributed by atoms with E-state index in [9.17, 15) is 4.79 Å². The molecule has 20 heavy (non-hydrogen) atoms. The molecule has 0 aliphatic heterocycles. The highest BCUT2D eigenvalue weighted by atomic mass is 16.5. The van der Waals surface area contributed by atoms with E-state index in [1.54, 1.807) is 37.2 Å². The van der Waals surface area contributed by atoms with E-state index in [0.717, 1.165) is 18.2 Å². The standard InChI is InChI=1S/C15H23N3O2/c1-18(2)15(19)13-6-5-12(16)9-14(13)17-7-8-20-10-11-3-4-11/h5-6,9,11,17H,3-4,7-8,10,16H2,1-2H3. The van der Waals surface area contributed by atoms with Gasteiger partial charge in [-0.05, 0) is 37.0 Å². The third kappa shape index (κ3) is 4.13. The van der Waals surface area contributed by atoms with E-state index < -0.39 is 0 Å². The van der Waals surface area contributed by atoms with E-state index >= 15 is 0 Å². The molecule has 0 heterocycles. The number of nitrogens with two attached hydrogens (primary N) is 1. The summed E-state index contributed by atoms with van der Waals surface area (Å²) in [5.74, 6) is 0.736. The van der Waals surface area contributed by atoms with Crippen molar-refractivity contribution in [2.24, 2.45) is 5.92 Å². The first-order chi connectivity index (χ1) is 9.58. The number of anilines is 2. The van der Waals surface area contributed by atoms with Gasteiger partial charge in [0.1, 0.15) is 0 Å². The van der Waals surface area contributed by atoms with Crippen LogP contribution in [-0.4, -0.2) is 44.7 Å². The van der Waals surface area contributed by atoms with Crippen LogP contribution >= 0.6 is 0 Å². The van der Waals surface area contributed by atoms with Gasteiger partial charge in [-0.2, -0.15) is 0 Å². The SMILES string of the molecule is CN(C)C(=O)c1ccc(N)cc1NCCOCC1CC1. The number of hydrogen-bond acceptors (Lipinski definition) is 4. The van der Waals surface area contributed by atoms with Gasteiger partial charge in [0.05, 0.1) is 12.2 Å². The van der Waals surface area contributed by atoms with Crippen LogP contribution in [0.3, 0.4) is 0 Å². The summed E-state index contributed by atoms with van der Waals surface area (Å²) in [6.45, 7) is 2.16. The predicted octanol–water partition coefficient (Wildman–Crippen LogP) is 1.81. The molecule has 1 amide bonds. The largest absolute Gasteiger partial charge is 0.399 e. The van der Waals surface area contributed by atoms with E-state index in [0.29, 0.717) is 24.4 Å². The highest BCUT2D eigenvalue weighted by molar-refractivity contribution is 5.99. The molecule has 3 N–H and O–H groups in total. The van der Waals surface area contributed by atoms with E-state index in [1.165, 1.54) is 12.8 Å². The summed E-state index contributed by atoms with van der Waals surface area (Å²) in [5, 5.41) is 3.23. The second-order valence-electron chi connectivity index (χ2n) is 5.45. The molecule has 0 atom stereocenters. The lowest BCUT2D eigenvalue weighted by atomic mass is 10.1.